The summed E-state index contributed by atoms with van der Waals surface area (Å²) in [4.78, 5) is 30.4. The molecule has 2 aromatic carbocycles. The van der Waals surface area contributed by atoms with Crippen molar-refractivity contribution in [1.29, 1.82) is 0 Å². The number of aryl methyl sites for hydroxylation is 1. The molecule has 0 saturated carbocycles. The molecule has 8 nitrogen and oxygen atoms in total. The van der Waals surface area contributed by atoms with Crippen LogP contribution in [0, 0.1) is 0 Å². The molecule has 0 atom stereocenters. The lowest BCUT2D eigenvalue weighted by molar-refractivity contribution is 0.0730. The Balaban J connectivity index is 1.61. The Morgan fingerprint density at radius 3 is 2.61 bits per heavy atom. The molecule has 10 heteroatoms. The highest BCUT2D eigenvalue weighted by atomic mass is 35.5. The van der Waals surface area contributed by atoms with E-state index in [-0.39, 0.29) is 29.5 Å². The first-order chi connectivity index (χ1) is 15.8. The zero-order valence-corrected chi connectivity index (χ0v) is 19.3. The van der Waals surface area contributed by atoms with Gasteiger partial charge in [0.25, 0.3) is 5.91 Å². The van der Waals surface area contributed by atoms with E-state index in [1.54, 1.807) is 17.0 Å². The maximum atomic E-state index is 13.6. The number of pyridine rings is 1. The standard InChI is InChI=1S/C23H22ClN3O5S/c24-16-3-6-21-15(12-16)2-1-7-27(21)23(29)19-14-22(28)25-20-5-4-17(13-18(19)20)33(30,31)26-8-10-32-11-9-26/h3-6,12-14H,1-2,7-11H2,(H,25,28). The fourth-order valence-electron chi connectivity index (χ4n) is 4.43. The van der Waals surface area contributed by atoms with E-state index in [1.165, 1.54) is 28.6 Å². The molecule has 1 aromatic heterocycles. The normalized spacial score (nSPS) is 17.2. The van der Waals surface area contributed by atoms with Crippen molar-refractivity contribution in [2.45, 2.75) is 17.7 Å². The van der Waals surface area contributed by atoms with Crippen LogP contribution in [0.5, 0.6) is 0 Å². The number of H-pyrrole nitrogens is 1. The minimum Gasteiger partial charge on any atom is -0.379 e. The minimum absolute atomic E-state index is 0.0730. The van der Waals surface area contributed by atoms with Gasteiger partial charge in [-0.05, 0) is 54.8 Å². The molecule has 3 aromatic rings. The number of hydrogen-bond acceptors (Lipinski definition) is 5. The second-order valence-electron chi connectivity index (χ2n) is 8.10. The first-order valence-electron chi connectivity index (χ1n) is 10.7. The summed E-state index contributed by atoms with van der Waals surface area (Å²) in [6.07, 6.45) is 1.56. The molecular formula is C23H22ClN3O5S. The lowest BCUT2D eigenvalue weighted by atomic mass is 10.00. The Hall–Kier alpha value is -2.72. The van der Waals surface area contributed by atoms with Crippen molar-refractivity contribution in [3.05, 3.63) is 69.0 Å². The lowest BCUT2D eigenvalue weighted by Gasteiger charge is -2.30. The van der Waals surface area contributed by atoms with Gasteiger partial charge in [-0.3, -0.25) is 9.59 Å². The fourth-order valence-corrected chi connectivity index (χ4v) is 6.06. The summed E-state index contributed by atoms with van der Waals surface area (Å²) in [6.45, 7) is 1.70. The number of anilines is 1. The van der Waals surface area contributed by atoms with Gasteiger partial charge >= 0.3 is 0 Å². The van der Waals surface area contributed by atoms with Crippen LogP contribution in [0.4, 0.5) is 5.69 Å². The maximum absolute atomic E-state index is 13.6. The summed E-state index contributed by atoms with van der Waals surface area (Å²) in [5, 5.41) is 0.984. The molecule has 3 heterocycles. The monoisotopic (exact) mass is 487 g/mol. The van der Waals surface area contributed by atoms with Gasteiger partial charge in [-0.1, -0.05) is 11.6 Å². The van der Waals surface area contributed by atoms with Crippen LogP contribution in [0.2, 0.25) is 5.02 Å². The average molecular weight is 488 g/mol. The molecule has 172 valence electrons. The van der Waals surface area contributed by atoms with Crippen molar-refractivity contribution in [3.63, 3.8) is 0 Å². The zero-order valence-electron chi connectivity index (χ0n) is 17.7. The van der Waals surface area contributed by atoms with Crippen LogP contribution in [0.25, 0.3) is 10.9 Å². The number of benzene rings is 2. The van der Waals surface area contributed by atoms with Crippen LogP contribution >= 0.6 is 11.6 Å². The largest absolute Gasteiger partial charge is 0.379 e. The topological polar surface area (TPSA) is 99.8 Å². The number of aromatic amines is 1. The van der Waals surface area contributed by atoms with E-state index in [1.807, 2.05) is 6.07 Å². The second-order valence-corrected chi connectivity index (χ2v) is 10.5. The quantitative estimate of drug-likeness (QED) is 0.612. The maximum Gasteiger partial charge on any atom is 0.259 e. The molecule has 1 N–H and O–H groups in total. The van der Waals surface area contributed by atoms with Crippen molar-refractivity contribution in [2.24, 2.45) is 0 Å². The van der Waals surface area contributed by atoms with E-state index in [0.717, 1.165) is 24.1 Å². The minimum atomic E-state index is -3.76. The van der Waals surface area contributed by atoms with E-state index < -0.39 is 15.6 Å². The van der Waals surface area contributed by atoms with Gasteiger partial charge in [0.1, 0.15) is 0 Å². The summed E-state index contributed by atoms with van der Waals surface area (Å²) >= 11 is 6.13. The molecule has 33 heavy (non-hydrogen) atoms. The average Bonchev–Trinajstić information content (AvgIpc) is 2.82. The number of nitrogens with zero attached hydrogens (tertiary/aromatic N) is 2. The van der Waals surface area contributed by atoms with E-state index >= 15 is 0 Å². The van der Waals surface area contributed by atoms with Crippen molar-refractivity contribution >= 4 is 44.1 Å². The van der Waals surface area contributed by atoms with Crippen molar-refractivity contribution in [2.75, 3.05) is 37.7 Å². The highest BCUT2D eigenvalue weighted by Crippen LogP contribution is 2.32. The molecule has 1 fully saturated rings. The number of carbonyl (C=O) groups excluding carboxylic acids is 1. The predicted octanol–water partition coefficient (Wildman–Crippen LogP) is 2.80. The second kappa shape index (κ2) is 8.57. The number of ether oxygens (including phenoxy) is 1. The number of hydrogen-bond donors (Lipinski definition) is 1. The predicted molar refractivity (Wildman–Crippen MR) is 126 cm³/mol. The van der Waals surface area contributed by atoms with Crippen molar-refractivity contribution in [1.82, 2.24) is 9.29 Å². The number of aromatic nitrogens is 1. The molecule has 5 rings (SSSR count). The van der Waals surface area contributed by atoms with Gasteiger partial charge in [-0.2, -0.15) is 4.31 Å². The van der Waals surface area contributed by atoms with Crippen molar-refractivity contribution in [3.8, 4) is 0 Å². The van der Waals surface area contributed by atoms with Crippen LogP contribution in [0.1, 0.15) is 22.3 Å². The van der Waals surface area contributed by atoms with Crippen LogP contribution in [0.3, 0.4) is 0 Å². The van der Waals surface area contributed by atoms with Crippen LogP contribution in [0.15, 0.2) is 52.2 Å². The number of rotatable bonds is 3. The van der Waals surface area contributed by atoms with Crippen molar-refractivity contribution < 1.29 is 17.9 Å². The van der Waals surface area contributed by atoms with Gasteiger partial charge in [0, 0.05) is 47.3 Å². The molecule has 0 unspecified atom stereocenters. The fraction of sp³-hybridized carbons (Fsp3) is 0.304. The Labute approximate surface area is 195 Å². The van der Waals surface area contributed by atoms with Gasteiger partial charge in [0.05, 0.1) is 23.7 Å². The summed E-state index contributed by atoms with van der Waals surface area (Å²) in [5.74, 6) is -0.352. The Morgan fingerprint density at radius 1 is 1.03 bits per heavy atom. The molecule has 2 aliphatic heterocycles. The van der Waals surface area contributed by atoms with E-state index in [9.17, 15) is 18.0 Å². The Kier molecular flexibility index (Phi) is 5.74. The summed E-state index contributed by atoms with van der Waals surface area (Å²) in [6, 6.07) is 11.1. The number of morpholine rings is 1. The SMILES string of the molecule is O=C(c1cc(=O)[nH]c2ccc(S(=O)(=O)N3CCOCC3)cc12)N1CCCc2cc(Cl)ccc21. The zero-order chi connectivity index (χ0) is 23.2. The number of carbonyl (C=O) groups is 1. The molecule has 0 radical (unpaired) electrons. The van der Waals surface area contributed by atoms with E-state index in [0.29, 0.717) is 35.7 Å². The Bertz CT molecular complexity index is 1410. The van der Waals surface area contributed by atoms with Crippen LogP contribution in [-0.2, 0) is 21.2 Å². The molecule has 0 aliphatic carbocycles. The molecule has 1 saturated heterocycles. The number of halogens is 1. The summed E-state index contributed by atoms with van der Waals surface area (Å²) in [7, 11) is -3.76. The smallest absolute Gasteiger partial charge is 0.259 e. The number of amides is 1. The van der Waals surface area contributed by atoms with E-state index in [4.69, 9.17) is 16.3 Å². The number of fused-ring (bicyclic) bond motifs is 2. The third kappa shape index (κ3) is 4.06. The van der Waals surface area contributed by atoms with E-state index in [2.05, 4.69) is 4.98 Å². The number of sulfonamides is 1. The third-order valence-electron chi connectivity index (χ3n) is 6.06. The van der Waals surface area contributed by atoms with Crippen LogP contribution in [-0.4, -0.2) is 56.5 Å². The summed E-state index contributed by atoms with van der Waals surface area (Å²) < 4.78 is 33.0. The Morgan fingerprint density at radius 2 is 1.82 bits per heavy atom. The molecule has 0 spiro atoms. The van der Waals surface area contributed by atoms with Gasteiger partial charge in [0.15, 0.2) is 0 Å². The number of nitrogens with one attached hydrogen (secondary N) is 1. The van der Waals surface area contributed by atoms with Gasteiger partial charge in [0.2, 0.25) is 15.6 Å². The summed E-state index contributed by atoms with van der Waals surface area (Å²) in [5.41, 5.74) is 1.85. The first-order valence-corrected chi connectivity index (χ1v) is 12.5. The molecule has 2 aliphatic rings. The highest BCUT2D eigenvalue weighted by Gasteiger charge is 2.29. The van der Waals surface area contributed by atoms with Gasteiger partial charge in [-0.15, -0.1) is 0 Å². The highest BCUT2D eigenvalue weighted by molar-refractivity contribution is 7.89. The van der Waals surface area contributed by atoms with Crippen LogP contribution < -0.4 is 10.5 Å². The molecule has 1 amide bonds. The molecule has 0 bridgehead atoms. The van der Waals surface area contributed by atoms with Gasteiger partial charge < -0.3 is 14.6 Å². The molecular weight excluding hydrogens is 466 g/mol. The third-order valence-corrected chi connectivity index (χ3v) is 8.19. The lowest BCUT2D eigenvalue weighted by Crippen LogP contribution is -2.40. The van der Waals surface area contributed by atoms with Gasteiger partial charge in [-0.25, -0.2) is 8.42 Å². The first kappa shape index (κ1) is 22.1.